The molecule has 1 atom stereocenters. The fourth-order valence-electron chi connectivity index (χ4n) is 1.28. The van der Waals surface area contributed by atoms with Crippen LogP contribution in [0.4, 0.5) is 74.6 Å². The molecule has 0 saturated heterocycles. The van der Waals surface area contributed by atoms with Gasteiger partial charge < -0.3 is 0 Å². The van der Waals surface area contributed by atoms with Crippen LogP contribution in [0.25, 0.3) is 0 Å². The van der Waals surface area contributed by atoms with E-state index in [1.165, 1.54) is 0 Å². The molecular formula is C9HF17O. The molecule has 1 unspecified atom stereocenters. The molecule has 0 aromatic rings. The highest BCUT2D eigenvalue weighted by molar-refractivity contribution is 5.74. The lowest BCUT2D eigenvalue weighted by Gasteiger charge is -2.41. The smallest absolute Gasteiger partial charge is 0.257 e. The molecule has 0 amide bonds. The minimum atomic E-state index is -8.62. The summed E-state index contributed by atoms with van der Waals surface area (Å²) in [6.45, 7) is 0. The third-order valence-corrected chi connectivity index (χ3v) is 2.87. The molecule has 0 bridgehead atoms. The largest absolute Gasteiger partial charge is 0.460 e. The SMILES string of the molecule is O=C(F)C(F)C(F)(F)C(F)(F)C(F)(F)C(F)(F)C(F)(F)C(F)(F)C(F)(F)F. The van der Waals surface area contributed by atoms with Gasteiger partial charge in [-0.15, -0.1) is 0 Å². The Kier molecular flexibility index (Phi) is 5.90. The van der Waals surface area contributed by atoms with Crippen molar-refractivity contribution >= 4 is 6.04 Å². The standard InChI is InChI=1S/C9HF17O/c10-1(2(11)27)3(12,13)4(14,15)5(16,17)6(18,19)7(20,21)8(22,23)9(24,25)26/h1H. The zero-order valence-electron chi connectivity index (χ0n) is 11.4. The molecule has 0 saturated carbocycles. The highest BCUT2D eigenvalue weighted by atomic mass is 19.4. The maximum Gasteiger partial charge on any atom is 0.460 e. The molecule has 0 spiro atoms. The number of halogens is 17. The van der Waals surface area contributed by atoms with Gasteiger partial charge in [-0.3, -0.25) is 4.79 Å². The second kappa shape index (κ2) is 6.25. The van der Waals surface area contributed by atoms with E-state index in [-0.39, 0.29) is 0 Å². The summed E-state index contributed by atoms with van der Waals surface area (Å²) in [6, 6.07) is -4.20. The summed E-state index contributed by atoms with van der Waals surface area (Å²) in [4.78, 5) is 9.60. The van der Waals surface area contributed by atoms with Crippen LogP contribution in [0.15, 0.2) is 0 Å². The van der Waals surface area contributed by atoms with Crippen molar-refractivity contribution in [2.45, 2.75) is 47.9 Å². The monoisotopic (exact) mass is 448 g/mol. The van der Waals surface area contributed by atoms with E-state index in [1.54, 1.807) is 0 Å². The van der Waals surface area contributed by atoms with Gasteiger partial charge >= 0.3 is 47.7 Å². The van der Waals surface area contributed by atoms with E-state index in [2.05, 4.69) is 0 Å². The molecule has 0 aromatic heterocycles. The number of hydrogen-bond donors (Lipinski definition) is 0. The number of alkyl halides is 16. The fourth-order valence-corrected chi connectivity index (χ4v) is 1.28. The average Bonchev–Trinajstić information content (AvgIpc) is 2.43. The summed E-state index contributed by atoms with van der Waals surface area (Å²) >= 11 is 0. The van der Waals surface area contributed by atoms with Gasteiger partial charge in [-0.2, -0.15) is 70.2 Å². The van der Waals surface area contributed by atoms with Crippen LogP contribution >= 0.6 is 0 Å². The summed E-state index contributed by atoms with van der Waals surface area (Å²) in [5.41, 5.74) is 0. The third-order valence-electron chi connectivity index (χ3n) is 2.87. The Hall–Kier alpha value is -1.52. The number of hydrogen-bond acceptors (Lipinski definition) is 1. The molecular weight excluding hydrogens is 447 g/mol. The van der Waals surface area contributed by atoms with E-state index < -0.39 is 53.9 Å². The minimum Gasteiger partial charge on any atom is -0.257 e. The van der Waals surface area contributed by atoms with Gasteiger partial charge in [-0.1, -0.05) is 0 Å². The molecule has 0 aliphatic heterocycles. The van der Waals surface area contributed by atoms with Crippen molar-refractivity contribution < 1.29 is 79.4 Å². The first-order chi connectivity index (χ1) is 11.4. The normalized spacial score (nSPS) is 17.1. The van der Waals surface area contributed by atoms with E-state index in [0.717, 1.165) is 0 Å². The van der Waals surface area contributed by atoms with Crippen molar-refractivity contribution in [3.05, 3.63) is 0 Å². The predicted octanol–water partition coefficient (Wildman–Crippen LogP) is 5.19. The summed E-state index contributed by atoms with van der Waals surface area (Å²) in [7, 11) is 0. The summed E-state index contributed by atoms with van der Waals surface area (Å²) < 4.78 is 212. The highest BCUT2D eigenvalue weighted by Crippen LogP contribution is 2.62. The maximum absolute atomic E-state index is 13.0. The van der Waals surface area contributed by atoms with E-state index >= 15 is 0 Å². The molecule has 0 radical (unpaired) electrons. The molecule has 0 heterocycles. The molecule has 0 aliphatic carbocycles. The van der Waals surface area contributed by atoms with Gasteiger partial charge in [0.1, 0.15) is 0 Å². The van der Waals surface area contributed by atoms with Gasteiger partial charge in [0.25, 0.3) is 6.17 Å². The molecule has 0 rings (SSSR count). The Morgan fingerprint density at radius 3 is 1.04 bits per heavy atom. The Labute approximate surface area is 135 Å². The van der Waals surface area contributed by atoms with Crippen LogP contribution in [-0.4, -0.2) is 53.9 Å². The van der Waals surface area contributed by atoms with E-state index in [0.29, 0.717) is 0 Å². The van der Waals surface area contributed by atoms with Crippen molar-refractivity contribution in [3.63, 3.8) is 0 Å². The first-order valence-corrected chi connectivity index (χ1v) is 5.52. The fraction of sp³-hybridized carbons (Fsp3) is 0.889. The first-order valence-electron chi connectivity index (χ1n) is 5.52. The lowest BCUT2D eigenvalue weighted by atomic mass is 9.90. The summed E-state index contributed by atoms with van der Waals surface area (Å²) in [5, 5.41) is 0. The third kappa shape index (κ3) is 3.17. The number of rotatable bonds is 7. The van der Waals surface area contributed by atoms with E-state index in [9.17, 15) is 79.4 Å². The van der Waals surface area contributed by atoms with Gasteiger partial charge in [0.15, 0.2) is 0 Å². The van der Waals surface area contributed by atoms with Crippen LogP contribution in [0.3, 0.4) is 0 Å². The van der Waals surface area contributed by atoms with Gasteiger partial charge in [-0.05, 0) is 0 Å². The molecule has 18 heteroatoms. The van der Waals surface area contributed by atoms with Gasteiger partial charge in [0.2, 0.25) is 0 Å². The molecule has 162 valence electrons. The Bertz CT molecular complexity index is 571. The van der Waals surface area contributed by atoms with Crippen molar-refractivity contribution in [1.29, 1.82) is 0 Å². The molecule has 0 aliphatic rings. The molecule has 1 nitrogen and oxygen atoms in total. The van der Waals surface area contributed by atoms with Crippen LogP contribution in [0.2, 0.25) is 0 Å². The van der Waals surface area contributed by atoms with Crippen LogP contribution in [0.5, 0.6) is 0 Å². The first kappa shape index (κ1) is 25.5. The van der Waals surface area contributed by atoms with Crippen LogP contribution in [0.1, 0.15) is 0 Å². The quantitative estimate of drug-likeness (QED) is 0.387. The Morgan fingerprint density at radius 1 is 0.519 bits per heavy atom. The van der Waals surface area contributed by atoms with Gasteiger partial charge in [0.05, 0.1) is 0 Å². The lowest BCUT2D eigenvalue weighted by molar-refractivity contribution is -0.454. The maximum atomic E-state index is 13.0. The zero-order valence-corrected chi connectivity index (χ0v) is 11.4. The molecule has 27 heavy (non-hydrogen) atoms. The molecule has 0 fully saturated rings. The minimum absolute atomic E-state index is 4.20. The van der Waals surface area contributed by atoms with E-state index in [1.807, 2.05) is 0 Å². The van der Waals surface area contributed by atoms with Crippen LogP contribution in [0, 0.1) is 0 Å². The second-order valence-electron chi connectivity index (χ2n) is 4.66. The summed E-state index contributed by atoms with van der Waals surface area (Å²) in [6.07, 6.45) is -13.5. The van der Waals surface area contributed by atoms with Crippen molar-refractivity contribution in [1.82, 2.24) is 0 Å². The van der Waals surface area contributed by atoms with Crippen LogP contribution < -0.4 is 0 Å². The van der Waals surface area contributed by atoms with Crippen molar-refractivity contribution in [2.24, 2.45) is 0 Å². The van der Waals surface area contributed by atoms with E-state index in [4.69, 9.17) is 0 Å². The second-order valence-corrected chi connectivity index (χ2v) is 4.66. The van der Waals surface area contributed by atoms with Crippen molar-refractivity contribution in [2.75, 3.05) is 0 Å². The lowest BCUT2D eigenvalue weighted by Crippen LogP contribution is -2.73. The van der Waals surface area contributed by atoms with Gasteiger partial charge in [0, 0.05) is 0 Å². The number of carbonyl (C=O) groups is 1. The zero-order chi connectivity index (χ0) is 22.7. The van der Waals surface area contributed by atoms with Crippen LogP contribution in [-0.2, 0) is 4.79 Å². The predicted molar refractivity (Wildman–Crippen MR) is 46.7 cm³/mol. The molecule has 0 aromatic carbocycles. The topological polar surface area (TPSA) is 17.1 Å². The van der Waals surface area contributed by atoms with Gasteiger partial charge in [-0.25, -0.2) is 4.39 Å². The Morgan fingerprint density at radius 2 is 0.778 bits per heavy atom. The highest BCUT2D eigenvalue weighted by Gasteiger charge is 2.94. The Balaban J connectivity index is 6.60. The number of carbonyl (C=O) groups excluding carboxylic acids is 1. The molecule has 0 N–H and O–H groups in total. The average molecular weight is 448 g/mol. The summed E-state index contributed by atoms with van der Waals surface area (Å²) in [5.74, 6) is -49.7. The van der Waals surface area contributed by atoms with Crippen molar-refractivity contribution in [3.8, 4) is 0 Å².